The minimum Gasteiger partial charge on any atom is -0.492 e. The number of amides is 1. The number of hydrogen-bond donors (Lipinski definition) is 2. The van der Waals surface area contributed by atoms with Crippen LogP contribution in [0.2, 0.25) is 5.02 Å². The van der Waals surface area contributed by atoms with E-state index in [9.17, 15) is 13.2 Å². The molecule has 162 valence electrons. The van der Waals surface area contributed by atoms with Gasteiger partial charge in [0.2, 0.25) is 0 Å². The molecule has 1 amide bonds. The number of anilines is 1. The molecule has 3 aromatic rings. The minimum absolute atomic E-state index is 0.136. The van der Waals surface area contributed by atoms with Crippen LogP contribution in [-0.2, 0) is 16.4 Å². The van der Waals surface area contributed by atoms with Gasteiger partial charge in [-0.3, -0.25) is 9.52 Å². The van der Waals surface area contributed by atoms with E-state index in [0.717, 1.165) is 12.2 Å². The first kappa shape index (κ1) is 22.7. The summed E-state index contributed by atoms with van der Waals surface area (Å²) in [5, 5.41) is 2.88. The van der Waals surface area contributed by atoms with Crippen molar-refractivity contribution in [1.82, 2.24) is 5.32 Å². The Labute approximate surface area is 187 Å². The van der Waals surface area contributed by atoms with Crippen LogP contribution in [0, 0.1) is 0 Å². The molecule has 0 bridgehead atoms. The number of carbonyl (C=O) groups excluding carboxylic acids is 1. The Balaban J connectivity index is 1.54. The van der Waals surface area contributed by atoms with Crippen molar-refractivity contribution in [1.29, 1.82) is 0 Å². The van der Waals surface area contributed by atoms with Crippen molar-refractivity contribution in [2.24, 2.45) is 0 Å². The van der Waals surface area contributed by atoms with Crippen LogP contribution in [0.15, 0.2) is 77.7 Å². The van der Waals surface area contributed by atoms with E-state index >= 15 is 0 Å². The third-order valence-corrected chi connectivity index (χ3v) is 6.22. The summed E-state index contributed by atoms with van der Waals surface area (Å²) >= 11 is 6.21. The first-order chi connectivity index (χ1) is 14.9. The molecule has 2 N–H and O–H groups in total. The van der Waals surface area contributed by atoms with Crippen LogP contribution in [0.3, 0.4) is 0 Å². The number of benzene rings is 3. The van der Waals surface area contributed by atoms with Crippen LogP contribution in [0.25, 0.3) is 0 Å². The second kappa shape index (κ2) is 10.3. The molecule has 8 heteroatoms. The fourth-order valence-corrected chi connectivity index (χ4v) is 4.16. The lowest BCUT2D eigenvalue weighted by molar-refractivity contribution is 0.0947. The lowest BCUT2D eigenvalue weighted by atomic mass is 10.2. The average molecular weight is 459 g/mol. The maximum Gasteiger partial charge on any atom is 0.261 e. The molecular weight excluding hydrogens is 436 g/mol. The van der Waals surface area contributed by atoms with Gasteiger partial charge in [0.05, 0.1) is 27.7 Å². The van der Waals surface area contributed by atoms with Crippen LogP contribution in [0.5, 0.6) is 5.75 Å². The summed E-state index contributed by atoms with van der Waals surface area (Å²) in [7, 11) is -3.74. The highest BCUT2D eigenvalue weighted by Gasteiger charge is 2.16. The van der Waals surface area contributed by atoms with E-state index in [4.69, 9.17) is 16.3 Å². The zero-order valence-corrected chi connectivity index (χ0v) is 18.5. The number of ether oxygens (including phenoxy) is 1. The molecule has 31 heavy (non-hydrogen) atoms. The van der Waals surface area contributed by atoms with Crippen molar-refractivity contribution in [2.45, 2.75) is 18.2 Å². The van der Waals surface area contributed by atoms with Gasteiger partial charge in [-0.15, -0.1) is 0 Å². The number of hydrogen-bond acceptors (Lipinski definition) is 4. The molecule has 0 saturated carbocycles. The number of aryl methyl sites for hydroxylation is 1. The predicted molar refractivity (Wildman–Crippen MR) is 122 cm³/mol. The quantitative estimate of drug-likeness (QED) is 0.462. The molecule has 0 aliphatic carbocycles. The van der Waals surface area contributed by atoms with Crippen LogP contribution in [0.1, 0.15) is 22.8 Å². The Kier molecular flexibility index (Phi) is 7.55. The molecule has 0 saturated heterocycles. The lowest BCUT2D eigenvalue weighted by Crippen LogP contribution is -2.28. The largest absolute Gasteiger partial charge is 0.492 e. The van der Waals surface area contributed by atoms with Crippen molar-refractivity contribution < 1.29 is 17.9 Å². The number of halogens is 1. The first-order valence-electron chi connectivity index (χ1n) is 9.76. The molecule has 3 rings (SSSR count). The Hall–Kier alpha value is -3.03. The zero-order valence-electron chi connectivity index (χ0n) is 17.0. The van der Waals surface area contributed by atoms with E-state index in [1.807, 2.05) is 24.3 Å². The van der Waals surface area contributed by atoms with Gasteiger partial charge >= 0.3 is 0 Å². The highest BCUT2D eigenvalue weighted by Crippen LogP contribution is 2.23. The van der Waals surface area contributed by atoms with Gasteiger partial charge in [0, 0.05) is 0 Å². The second-order valence-corrected chi connectivity index (χ2v) is 8.80. The Bertz CT molecular complexity index is 1130. The maximum atomic E-state index is 12.4. The van der Waals surface area contributed by atoms with Crippen LogP contribution >= 0.6 is 11.6 Å². The fraction of sp³-hybridized carbons (Fsp3) is 0.174. The van der Waals surface area contributed by atoms with Gasteiger partial charge < -0.3 is 10.1 Å². The Morgan fingerprint density at radius 3 is 2.35 bits per heavy atom. The van der Waals surface area contributed by atoms with E-state index in [0.29, 0.717) is 13.2 Å². The normalized spacial score (nSPS) is 11.0. The van der Waals surface area contributed by atoms with Gasteiger partial charge in [-0.1, -0.05) is 48.9 Å². The number of nitrogens with one attached hydrogen (secondary N) is 2. The van der Waals surface area contributed by atoms with Gasteiger partial charge in [-0.05, 0) is 54.4 Å². The third-order valence-electron chi connectivity index (χ3n) is 4.51. The number of sulfonamides is 1. The van der Waals surface area contributed by atoms with E-state index in [-0.39, 0.29) is 27.1 Å². The van der Waals surface area contributed by atoms with E-state index in [2.05, 4.69) is 17.0 Å². The average Bonchev–Trinajstić information content (AvgIpc) is 2.77. The van der Waals surface area contributed by atoms with Gasteiger partial charge in [0.15, 0.2) is 0 Å². The van der Waals surface area contributed by atoms with Crippen molar-refractivity contribution in [3.8, 4) is 5.75 Å². The van der Waals surface area contributed by atoms with Crippen molar-refractivity contribution in [2.75, 3.05) is 17.9 Å². The molecule has 0 unspecified atom stereocenters. The maximum absolute atomic E-state index is 12.4. The molecule has 3 aromatic carbocycles. The summed E-state index contributed by atoms with van der Waals surface area (Å²) < 4.78 is 32.9. The molecule has 0 radical (unpaired) electrons. The SMILES string of the molecule is CCc1ccc(OCCNC(=O)c2ccc(NS(=O)(=O)c3ccccc3)cc2Cl)cc1. The van der Waals surface area contributed by atoms with Crippen LogP contribution in [0.4, 0.5) is 5.69 Å². The first-order valence-corrected chi connectivity index (χ1v) is 11.6. The van der Waals surface area contributed by atoms with Crippen molar-refractivity contribution in [3.05, 3.63) is 88.9 Å². The Morgan fingerprint density at radius 1 is 1.00 bits per heavy atom. The smallest absolute Gasteiger partial charge is 0.261 e. The Morgan fingerprint density at radius 2 is 1.71 bits per heavy atom. The zero-order chi connectivity index (χ0) is 22.3. The fourth-order valence-electron chi connectivity index (χ4n) is 2.83. The molecular formula is C23H23ClN2O4S. The molecule has 0 heterocycles. The summed E-state index contributed by atoms with van der Waals surface area (Å²) in [5.41, 5.74) is 1.74. The molecule has 6 nitrogen and oxygen atoms in total. The lowest BCUT2D eigenvalue weighted by Gasteiger charge is -2.11. The molecule has 0 aliphatic heterocycles. The van der Waals surface area contributed by atoms with Crippen LogP contribution in [-0.4, -0.2) is 27.5 Å². The van der Waals surface area contributed by atoms with E-state index < -0.39 is 10.0 Å². The summed E-state index contributed by atoms with van der Waals surface area (Å²) in [4.78, 5) is 12.5. The topological polar surface area (TPSA) is 84.5 Å². The molecule has 0 atom stereocenters. The van der Waals surface area contributed by atoms with Gasteiger partial charge in [-0.25, -0.2) is 8.42 Å². The number of carbonyl (C=O) groups is 1. The predicted octanol–water partition coefficient (Wildman–Crippen LogP) is 4.51. The third kappa shape index (κ3) is 6.23. The summed E-state index contributed by atoms with van der Waals surface area (Å²) in [6.07, 6.45) is 0.962. The van der Waals surface area contributed by atoms with Gasteiger partial charge in [0.25, 0.3) is 15.9 Å². The molecule has 0 aromatic heterocycles. The van der Waals surface area contributed by atoms with Crippen molar-refractivity contribution in [3.63, 3.8) is 0 Å². The van der Waals surface area contributed by atoms with Gasteiger partial charge in [-0.2, -0.15) is 0 Å². The molecule has 0 aliphatic rings. The monoisotopic (exact) mass is 458 g/mol. The highest BCUT2D eigenvalue weighted by molar-refractivity contribution is 7.92. The molecule has 0 fully saturated rings. The molecule has 0 spiro atoms. The van der Waals surface area contributed by atoms with Crippen LogP contribution < -0.4 is 14.8 Å². The summed E-state index contributed by atoms with van der Waals surface area (Å²) in [6.45, 7) is 2.69. The highest BCUT2D eigenvalue weighted by atomic mass is 35.5. The van der Waals surface area contributed by atoms with E-state index in [1.165, 1.54) is 35.9 Å². The van der Waals surface area contributed by atoms with E-state index in [1.54, 1.807) is 18.2 Å². The second-order valence-electron chi connectivity index (χ2n) is 6.72. The van der Waals surface area contributed by atoms with Gasteiger partial charge in [0.1, 0.15) is 12.4 Å². The summed E-state index contributed by atoms with van der Waals surface area (Å²) in [6, 6.07) is 20.2. The standard InChI is InChI=1S/C23H23ClN2O4S/c1-2-17-8-11-19(12-9-17)30-15-14-25-23(27)21-13-10-18(16-22(21)24)26-31(28,29)20-6-4-3-5-7-20/h3-13,16,26H,2,14-15H2,1H3,(H,25,27). The summed E-state index contributed by atoms with van der Waals surface area (Å²) in [5.74, 6) is 0.368. The minimum atomic E-state index is -3.74. The van der Waals surface area contributed by atoms with Crippen molar-refractivity contribution >= 4 is 33.2 Å². The number of rotatable bonds is 9.